The fourth-order valence-corrected chi connectivity index (χ4v) is 1.26. The fraction of sp³-hybridized carbons (Fsp3) is 0.333. The summed E-state index contributed by atoms with van der Waals surface area (Å²) < 4.78 is 35.4. The van der Waals surface area contributed by atoms with Crippen molar-refractivity contribution in [3.05, 3.63) is 35.9 Å². The third kappa shape index (κ3) is 7.24. The molecule has 1 rings (SSSR count). The Morgan fingerprint density at radius 2 is 1.65 bits per heavy atom. The van der Waals surface area contributed by atoms with Gasteiger partial charge in [-0.2, -0.15) is 13.2 Å². The van der Waals surface area contributed by atoms with Gasteiger partial charge in [0.1, 0.15) is 6.54 Å². The minimum absolute atomic E-state index is 0.261. The van der Waals surface area contributed by atoms with Gasteiger partial charge in [-0.05, 0) is 5.56 Å². The summed E-state index contributed by atoms with van der Waals surface area (Å²) in [5, 5.41) is 6.28. The van der Waals surface area contributed by atoms with Crippen molar-refractivity contribution in [3.8, 4) is 0 Å². The van der Waals surface area contributed by atoms with E-state index in [4.69, 9.17) is 0 Å². The van der Waals surface area contributed by atoms with Crippen molar-refractivity contribution in [1.29, 1.82) is 0 Å². The summed E-state index contributed by atoms with van der Waals surface area (Å²) in [4.78, 5) is 22.3. The largest absolute Gasteiger partial charge is 0.405 e. The highest BCUT2D eigenvalue weighted by molar-refractivity contribution is 5.83. The van der Waals surface area contributed by atoms with E-state index in [1.54, 1.807) is 29.6 Å². The monoisotopic (exact) mass is 289 g/mol. The third-order valence-corrected chi connectivity index (χ3v) is 2.19. The number of halogens is 3. The zero-order chi connectivity index (χ0) is 15.0. The third-order valence-electron chi connectivity index (χ3n) is 2.19. The predicted octanol–water partition coefficient (Wildman–Crippen LogP) is 1.16. The van der Waals surface area contributed by atoms with E-state index in [1.807, 2.05) is 6.07 Å². The van der Waals surface area contributed by atoms with Crippen LogP contribution in [0.1, 0.15) is 5.56 Å². The Morgan fingerprint density at radius 3 is 2.25 bits per heavy atom. The first kappa shape index (κ1) is 15.8. The molecule has 0 unspecified atom stereocenters. The van der Waals surface area contributed by atoms with E-state index in [1.165, 1.54) is 0 Å². The molecule has 5 nitrogen and oxygen atoms in total. The normalized spacial score (nSPS) is 10.8. The molecule has 3 N–H and O–H groups in total. The molecule has 3 amide bonds. The predicted molar refractivity (Wildman–Crippen MR) is 65.7 cm³/mol. The van der Waals surface area contributed by atoms with Crippen LogP contribution in [-0.4, -0.2) is 31.2 Å². The Labute approximate surface area is 113 Å². The smallest absolute Gasteiger partial charge is 0.345 e. The molecule has 0 fully saturated rings. The summed E-state index contributed by atoms with van der Waals surface area (Å²) in [5.74, 6) is -0.905. The van der Waals surface area contributed by atoms with Crippen LogP contribution in [0.4, 0.5) is 18.0 Å². The first-order chi connectivity index (χ1) is 9.37. The maximum atomic E-state index is 11.8. The van der Waals surface area contributed by atoms with Gasteiger partial charge in [0.05, 0.1) is 6.54 Å². The van der Waals surface area contributed by atoms with E-state index < -0.39 is 31.2 Å². The Morgan fingerprint density at radius 1 is 1.00 bits per heavy atom. The average molecular weight is 289 g/mol. The van der Waals surface area contributed by atoms with Crippen LogP contribution in [0.3, 0.4) is 0 Å². The lowest BCUT2D eigenvalue weighted by Crippen LogP contribution is -2.43. The molecule has 20 heavy (non-hydrogen) atoms. The lowest BCUT2D eigenvalue weighted by molar-refractivity contribution is -0.137. The van der Waals surface area contributed by atoms with Crippen LogP contribution >= 0.6 is 0 Å². The van der Waals surface area contributed by atoms with Gasteiger partial charge in [-0.1, -0.05) is 30.3 Å². The topological polar surface area (TPSA) is 70.2 Å². The zero-order valence-corrected chi connectivity index (χ0v) is 10.5. The number of amides is 3. The van der Waals surface area contributed by atoms with Crippen LogP contribution in [0.25, 0.3) is 0 Å². The number of carbonyl (C=O) groups is 2. The van der Waals surface area contributed by atoms with Gasteiger partial charge in [0.15, 0.2) is 0 Å². The van der Waals surface area contributed by atoms with Gasteiger partial charge in [-0.15, -0.1) is 0 Å². The Hall–Kier alpha value is -2.25. The molecule has 0 aliphatic rings. The second kappa shape index (κ2) is 7.37. The number of nitrogens with one attached hydrogen (secondary N) is 3. The van der Waals surface area contributed by atoms with Gasteiger partial charge in [-0.3, -0.25) is 4.79 Å². The van der Waals surface area contributed by atoms with Crippen molar-refractivity contribution in [3.63, 3.8) is 0 Å². The summed E-state index contributed by atoms with van der Waals surface area (Å²) in [7, 11) is 0. The Bertz CT molecular complexity index is 449. The number of urea groups is 1. The fourth-order valence-electron chi connectivity index (χ4n) is 1.26. The number of hydrogen-bond acceptors (Lipinski definition) is 2. The first-order valence-corrected chi connectivity index (χ1v) is 5.76. The number of hydrogen-bond donors (Lipinski definition) is 3. The van der Waals surface area contributed by atoms with Gasteiger partial charge >= 0.3 is 12.2 Å². The molecule has 0 aliphatic carbocycles. The highest BCUT2D eigenvalue weighted by Crippen LogP contribution is 2.11. The van der Waals surface area contributed by atoms with Gasteiger partial charge in [0.25, 0.3) is 0 Å². The molecule has 0 saturated heterocycles. The van der Waals surface area contributed by atoms with Crippen LogP contribution in [0.2, 0.25) is 0 Å². The van der Waals surface area contributed by atoms with Crippen molar-refractivity contribution in [2.45, 2.75) is 12.7 Å². The van der Waals surface area contributed by atoms with Crippen molar-refractivity contribution in [2.24, 2.45) is 0 Å². The van der Waals surface area contributed by atoms with E-state index in [2.05, 4.69) is 10.6 Å². The molecule has 1 aromatic rings. The lowest BCUT2D eigenvalue weighted by Gasteiger charge is -2.10. The highest BCUT2D eigenvalue weighted by Gasteiger charge is 2.27. The van der Waals surface area contributed by atoms with E-state index in [9.17, 15) is 22.8 Å². The summed E-state index contributed by atoms with van der Waals surface area (Å²) in [5.41, 5.74) is 0.865. The molecule has 0 saturated carbocycles. The zero-order valence-electron chi connectivity index (χ0n) is 10.5. The van der Waals surface area contributed by atoms with E-state index in [0.29, 0.717) is 0 Å². The molecule has 0 radical (unpaired) electrons. The Balaban J connectivity index is 2.18. The quantitative estimate of drug-likeness (QED) is 0.761. The van der Waals surface area contributed by atoms with Crippen LogP contribution in [0.5, 0.6) is 0 Å². The molecule has 0 atom stereocenters. The van der Waals surface area contributed by atoms with E-state index in [-0.39, 0.29) is 6.54 Å². The maximum Gasteiger partial charge on any atom is 0.405 e. The van der Waals surface area contributed by atoms with E-state index >= 15 is 0 Å². The standard InChI is InChI=1S/C12H14F3N3O2/c13-12(14,15)8-18-10(19)7-17-11(20)16-6-9-4-2-1-3-5-9/h1-5H,6-8H2,(H,18,19)(H2,16,17,20). The van der Waals surface area contributed by atoms with Gasteiger partial charge in [0.2, 0.25) is 5.91 Å². The average Bonchev–Trinajstić information content (AvgIpc) is 2.41. The first-order valence-electron chi connectivity index (χ1n) is 5.76. The molecule has 0 heterocycles. The van der Waals surface area contributed by atoms with E-state index in [0.717, 1.165) is 5.56 Å². The van der Waals surface area contributed by atoms with Crippen LogP contribution in [0, 0.1) is 0 Å². The molecule has 0 aromatic heterocycles. The minimum Gasteiger partial charge on any atom is -0.345 e. The van der Waals surface area contributed by atoms with Crippen molar-refractivity contribution >= 4 is 11.9 Å². The summed E-state index contributed by atoms with van der Waals surface area (Å²) >= 11 is 0. The van der Waals surface area contributed by atoms with Crippen LogP contribution in [0.15, 0.2) is 30.3 Å². The minimum atomic E-state index is -4.47. The second-order valence-corrected chi connectivity index (χ2v) is 3.91. The van der Waals surface area contributed by atoms with Crippen LogP contribution in [-0.2, 0) is 11.3 Å². The van der Waals surface area contributed by atoms with Gasteiger partial charge in [-0.25, -0.2) is 4.79 Å². The van der Waals surface area contributed by atoms with Crippen molar-refractivity contribution in [2.75, 3.05) is 13.1 Å². The highest BCUT2D eigenvalue weighted by atomic mass is 19.4. The molecular formula is C12H14F3N3O2. The number of rotatable bonds is 5. The molecule has 0 spiro atoms. The summed E-state index contributed by atoms with van der Waals surface area (Å²) in [6.07, 6.45) is -4.47. The van der Waals surface area contributed by atoms with Gasteiger partial charge < -0.3 is 16.0 Å². The number of carbonyl (C=O) groups excluding carboxylic acids is 2. The van der Waals surface area contributed by atoms with Gasteiger partial charge in [0, 0.05) is 6.54 Å². The summed E-state index contributed by atoms with van der Waals surface area (Å²) in [6.45, 7) is -1.67. The maximum absolute atomic E-state index is 11.8. The molecule has 110 valence electrons. The Kier molecular flexibility index (Phi) is 5.82. The second-order valence-electron chi connectivity index (χ2n) is 3.91. The van der Waals surface area contributed by atoms with Crippen molar-refractivity contribution in [1.82, 2.24) is 16.0 Å². The molecular weight excluding hydrogens is 275 g/mol. The van der Waals surface area contributed by atoms with Crippen molar-refractivity contribution < 1.29 is 22.8 Å². The lowest BCUT2D eigenvalue weighted by atomic mass is 10.2. The molecule has 0 bridgehead atoms. The molecule has 0 aliphatic heterocycles. The number of benzene rings is 1. The number of alkyl halides is 3. The molecule has 1 aromatic carbocycles. The van der Waals surface area contributed by atoms with Crippen LogP contribution < -0.4 is 16.0 Å². The molecule has 8 heteroatoms. The summed E-state index contributed by atoms with van der Waals surface area (Å²) in [6, 6.07) is 8.41. The SMILES string of the molecule is O=C(CNC(=O)NCc1ccccc1)NCC(F)(F)F.